The summed E-state index contributed by atoms with van der Waals surface area (Å²) in [5.74, 6) is -6.56. The quantitative estimate of drug-likeness (QED) is 0.116. The Bertz CT molecular complexity index is 661. The second-order valence-electron chi connectivity index (χ2n) is 9.44. The molecule has 0 aliphatic rings. The molecule has 11 heteroatoms. The third-order valence-corrected chi connectivity index (χ3v) is 2.58. The Balaban J connectivity index is 4.75. The first-order chi connectivity index (χ1) is 14.1. The monoisotopic (exact) mass is 462 g/mol. The summed E-state index contributed by atoms with van der Waals surface area (Å²) in [6.45, 7) is 22.0. The highest BCUT2D eigenvalue weighted by Gasteiger charge is 2.36. The SMILES string of the molecule is C=C(OOC(C)(C)C)C(=O)OC(C)(C)OC(=O)OC(C)(C)OC(=O)C(=C)OOC(C)(C)C. The lowest BCUT2D eigenvalue weighted by Crippen LogP contribution is -2.40. The predicted molar refractivity (Wildman–Crippen MR) is 110 cm³/mol. The van der Waals surface area contributed by atoms with Crippen LogP contribution in [0.4, 0.5) is 4.79 Å². The molecule has 0 fully saturated rings. The summed E-state index contributed by atoms with van der Waals surface area (Å²) in [5.41, 5.74) is -1.39. The molecule has 0 aromatic carbocycles. The van der Waals surface area contributed by atoms with E-state index >= 15 is 0 Å². The molecule has 32 heavy (non-hydrogen) atoms. The zero-order valence-electron chi connectivity index (χ0n) is 20.4. The summed E-state index contributed by atoms with van der Waals surface area (Å²) >= 11 is 0. The number of hydrogen-bond acceptors (Lipinski definition) is 11. The maximum atomic E-state index is 12.1. The molecule has 0 saturated carbocycles. The fourth-order valence-electron chi connectivity index (χ4n) is 1.44. The number of hydrogen-bond donors (Lipinski definition) is 0. The first-order valence-electron chi connectivity index (χ1n) is 9.60. The van der Waals surface area contributed by atoms with E-state index in [1.807, 2.05) is 0 Å². The largest absolute Gasteiger partial charge is 0.514 e. The zero-order chi connectivity index (χ0) is 25.5. The number of ether oxygens (including phenoxy) is 4. The minimum atomic E-state index is -1.78. The van der Waals surface area contributed by atoms with Crippen LogP contribution in [0.1, 0.15) is 69.2 Å². The molecule has 0 aliphatic heterocycles. The zero-order valence-corrected chi connectivity index (χ0v) is 20.4. The fourth-order valence-corrected chi connectivity index (χ4v) is 1.44. The van der Waals surface area contributed by atoms with Crippen LogP contribution in [0.2, 0.25) is 0 Å². The van der Waals surface area contributed by atoms with Gasteiger partial charge in [-0.3, -0.25) is 0 Å². The number of esters is 2. The molecular weight excluding hydrogens is 428 g/mol. The van der Waals surface area contributed by atoms with Crippen molar-refractivity contribution in [1.82, 2.24) is 0 Å². The molecule has 0 heterocycles. The minimum absolute atomic E-state index is 0.463. The van der Waals surface area contributed by atoms with Crippen LogP contribution < -0.4 is 0 Å². The van der Waals surface area contributed by atoms with E-state index < -0.39 is 52.4 Å². The topological polar surface area (TPSA) is 125 Å². The standard InChI is InChI=1S/C21H34O11/c1-13(29-31-18(3,4)5)15(22)25-20(9,10)27-17(24)28-21(11,12)26-16(23)14(2)30-32-19(6,7)8/h1-2H2,3-12H3. The van der Waals surface area contributed by atoms with Gasteiger partial charge in [-0.1, -0.05) is 0 Å². The first-order valence-corrected chi connectivity index (χ1v) is 9.60. The van der Waals surface area contributed by atoms with E-state index in [-0.39, 0.29) is 0 Å². The van der Waals surface area contributed by atoms with Crippen LogP contribution in [-0.2, 0) is 48.1 Å². The number of rotatable bonds is 10. The third kappa shape index (κ3) is 13.5. The Hall–Kier alpha value is -2.79. The molecular formula is C21H34O11. The van der Waals surface area contributed by atoms with Gasteiger partial charge in [-0.25, -0.2) is 14.4 Å². The molecule has 0 spiro atoms. The molecule has 0 atom stereocenters. The third-order valence-electron chi connectivity index (χ3n) is 2.58. The summed E-state index contributed by atoms with van der Waals surface area (Å²) in [6.07, 6.45) is -1.30. The van der Waals surface area contributed by atoms with Gasteiger partial charge in [0, 0.05) is 27.7 Å². The molecule has 0 saturated heterocycles. The van der Waals surface area contributed by atoms with Gasteiger partial charge in [0.15, 0.2) is 0 Å². The van der Waals surface area contributed by atoms with E-state index in [9.17, 15) is 14.4 Å². The smallest absolute Gasteiger partial charge is 0.417 e. The molecule has 0 amide bonds. The highest BCUT2D eigenvalue weighted by molar-refractivity contribution is 5.86. The molecule has 0 aliphatic carbocycles. The van der Waals surface area contributed by atoms with E-state index in [2.05, 4.69) is 13.2 Å². The maximum Gasteiger partial charge on any atom is 0.514 e. The fraction of sp³-hybridized carbons (Fsp3) is 0.667. The Kier molecular flexibility index (Phi) is 9.75. The summed E-state index contributed by atoms with van der Waals surface area (Å²) in [4.78, 5) is 55.6. The van der Waals surface area contributed by atoms with Crippen molar-refractivity contribution in [2.45, 2.75) is 92.0 Å². The Labute approximate surface area is 188 Å². The Morgan fingerprint density at radius 3 is 1.06 bits per heavy atom. The van der Waals surface area contributed by atoms with Crippen molar-refractivity contribution in [3.05, 3.63) is 24.7 Å². The highest BCUT2D eigenvalue weighted by Crippen LogP contribution is 2.21. The van der Waals surface area contributed by atoms with Gasteiger partial charge in [-0.2, -0.15) is 9.78 Å². The molecule has 11 nitrogen and oxygen atoms in total. The molecule has 0 aromatic heterocycles. The normalized spacial score (nSPS) is 12.3. The maximum absolute atomic E-state index is 12.1. The van der Waals surface area contributed by atoms with Gasteiger partial charge < -0.3 is 28.7 Å². The molecule has 0 aromatic rings. The summed E-state index contributed by atoms with van der Waals surface area (Å²) in [6, 6.07) is 0. The number of carbonyl (C=O) groups is 3. The Morgan fingerprint density at radius 2 is 0.812 bits per heavy atom. The molecule has 0 N–H and O–H groups in total. The van der Waals surface area contributed by atoms with Crippen molar-refractivity contribution < 1.29 is 52.9 Å². The van der Waals surface area contributed by atoms with Crippen LogP contribution in [0.5, 0.6) is 0 Å². The summed E-state index contributed by atoms with van der Waals surface area (Å²) in [7, 11) is 0. The minimum Gasteiger partial charge on any atom is -0.417 e. The van der Waals surface area contributed by atoms with Crippen LogP contribution in [0.3, 0.4) is 0 Å². The lowest BCUT2D eigenvalue weighted by Gasteiger charge is -2.29. The van der Waals surface area contributed by atoms with Crippen molar-refractivity contribution in [2.75, 3.05) is 0 Å². The van der Waals surface area contributed by atoms with Crippen LogP contribution in [0.15, 0.2) is 24.7 Å². The summed E-state index contributed by atoms with van der Waals surface area (Å²) < 4.78 is 19.9. The van der Waals surface area contributed by atoms with Crippen LogP contribution in [-0.4, -0.2) is 40.9 Å². The lowest BCUT2D eigenvalue weighted by molar-refractivity contribution is -0.323. The second kappa shape index (κ2) is 10.7. The van der Waals surface area contributed by atoms with Gasteiger partial charge in [-0.15, -0.1) is 0 Å². The van der Waals surface area contributed by atoms with Crippen molar-refractivity contribution in [1.29, 1.82) is 0 Å². The predicted octanol–water partition coefficient (Wildman–Crippen LogP) is 4.22. The van der Waals surface area contributed by atoms with Gasteiger partial charge in [0.25, 0.3) is 11.6 Å². The van der Waals surface area contributed by atoms with Gasteiger partial charge in [0.1, 0.15) is 11.2 Å². The summed E-state index contributed by atoms with van der Waals surface area (Å²) in [5, 5.41) is 0. The van der Waals surface area contributed by atoms with Crippen molar-refractivity contribution in [3.8, 4) is 0 Å². The first kappa shape index (κ1) is 29.2. The molecule has 0 bridgehead atoms. The average Bonchev–Trinajstić information content (AvgIpc) is 2.53. The van der Waals surface area contributed by atoms with Crippen LogP contribution in [0, 0.1) is 0 Å². The number of carbonyl (C=O) groups excluding carboxylic acids is 3. The van der Waals surface area contributed by atoms with E-state index in [4.69, 9.17) is 38.5 Å². The van der Waals surface area contributed by atoms with Crippen LogP contribution >= 0.6 is 0 Å². The molecule has 0 unspecified atom stereocenters. The van der Waals surface area contributed by atoms with Gasteiger partial charge >= 0.3 is 18.1 Å². The van der Waals surface area contributed by atoms with Gasteiger partial charge in [0.2, 0.25) is 11.5 Å². The lowest BCUT2D eigenvalue weighted by atomic mass is 10.2. The highest BCUT2D eigenvalue weighted by atomic mass is 17.2. The van der Waals surface area contributed by atoms with Crippen molar-refractivity contribution in [2.24, 2.45) is 0 Å². The van der Waals surface area contributed by atoms with E-state index in [1.54, 1.807) is 41.5 Å². The van der Waals surface area contributed by atoms with E-state index in [0.717, 1.165) is 0 Å². The Morgan fingerprint density at radius 1 is 0.531 bits per heavy atom. The van der Waals surface area contributed by atoms with Gasteiger partial charge in [0.05, 0.1) is 0 Å². The van der Waals surface area contributed by atoms with E-state index in [0.29, 0.717) is 0 Å². The molecule has 0 radical (unpaired) electrons. The molecule has 0 rings (SSSR count). The van der Waals surface area contributed by atoms with E-state index in [1.165, 1.54) is 27.7 Å². The molecule has 184 valence electrons. The van der Waals surface area contributed by atoms with Crippen molar-refractivity contribution >= 4 is 18.1 Å². The van der Waals surface area contributed by atoms with Crippen molar-refractivity contribution in [3.63, 3.8) is 0 Å². The van der Waals surface area contributed by atoms with Gasteiger partial charge in [-0.05, 0) is 54.7 Å². The average molecular weight is 462 g/mol. The second-order valence-corrected chi connectivity index (χ2v) is 9.44. The van der Waals surface area contributed by atoms with Crippen LogP contribution in [0.25, 0.3) is 0 Å².